The van der Waals surface area contributed by atoms with Gasteiger partial charge in [-0.3, -0.25) is 4.98 Å². The molecule has 1 N–H and O–H groups in total. The highest BCUT2D eigenvalue weighted by molar-refractivity contribution is 6.30. The third kappa shape index (κ3) is 2.74. The van der Waals surface area contributed by atoms with E-state index >= 15 is 0 Å². The van der Waals surface area contributed by atoms with Gasteiger partial charge in [0.05, 0.1) is 16.9 Å². The molecule has 0 spiro atoms. The molecule has 0 amide bonds. The van der Waals surface area contributed by atoms with Crippen LogP contribution in [0.25, 0.3) is 16.9 Å². The molecular formula is C17H12ClF3N4. The molecule has 0 atom stereocenters. The summed E-state index contributed by atoms with van der Waals surface area (Å²) < 4.78 is 41.7. The zero-order chi connectivity index (χ0) is 17.6. The molecule has 3 aromatic rings. The third-order valence-electron chi connectivity index (χ3n) is 4.10. The fraction of sp³-hybridized carbons (Fsp3) is 0.176. The van der Waals surface area contributed by atoms with Crippen LogP contribution in [0.2, 0.25) is 5.02 Å². The Morgan fingerprint density at radius 2 is 1.88 bits per heavy atom. The number of alkyl halides is 3. The van der Waals surface area contributed by atoms with E-state index in [1.807, 2.05) is 0 Å². The Bertz CT molecular complexity index is 935. The van der Waals surface area contributed by atoms with Crippen molar-refractivity contribution in [1.29, 1.82) is 0 Å². The van der Waals surface area contributed by atoms with Crippen LogP contribution in [-0.4, -0.2) is 21.3 Å². The number of nitrogens with one attached hydrogen (secondary N) is 1. The van der Waals surface area contributed by atoms with Gasteiger partial charge in [-0.25, -0.2) is 4.68 Å². The molecule has 0 aliphatic carbocycles. The zero-order valence-corrected chi connectivity index (χ0v) is 13.6. The smallest absolute Gasteiger partial charge is 0.369 e. The summed E-state index contributed by atoms with van der Waals surface area (Å²) >= 11 is 5.78. The van der Waals surface area contributed by atoms with Crippen LogP contribution in [0.1, 0.15) is 11.1 Å². The number of aromatic nitrogens is 3. The number of fused-ring (bicyclic) bond motifs is 1. The molecule has 0 fully saturated rings. The topological polar surface area (TPSA) is 42.7 Å². The molecule has 1 aromatic carbocycles. The summed E-state index contributed by atoms with van der Waals surface area (Å²) in [6, 6.07) is 7.28. The average molecular weight is 365 g/mol. The number of pyridine rings is 1. The van der Waals surface area contributed by atoms with Gasteiger partial charge in [0.25, 0.3) is 0 Å². The molecule has 0 radical (unpaired) electrons. The van der Waals surface area contributed by atoms with Crippen molar-refractivity contribution in [1.82, 2.24) is 14.8 Å². The summed E-state index contributed by atoms with van der Waals surface area (Å²) in [7, 11) is 0. The fourth-order valence-corrected chi connectivity index (χ4v) is 3.18. The molecule has 3 heterocycles. The second-order valence-electron chi connectivity index (χ2n) is 5.66. The Labute approximate surface area is 146 Å². The number of nitrogens with zero attached hydrogens (tertiary/aromatic N) is 3. The summed E-state index contributed by atoms with van der Waals surface area (Å²) in [6.45, 7) is 0.653. The molecule has 4 rings (SSSR count). The standard InChI is InChI=1S/C17H12ClF3N4/c18-11-1-2-14(13(9-11)17(19,20)21)25-16-12(5-8-23-16)15(24-25)10-3-6-22-7-4-10/h1-4,6-7,9,23H,5,8H2. The molecule has 0 bridgehead atoms. The van der Waals surface area contributed by atoms with Crippen molar-refractivity contribution >= 4 is 17.4 Å². The summed E-state index contributed by atoms with van der Waals surface area (Å²) in [5, 5.41) is 7.62. The van der Waals surface area contributed by atoms with Crippen LogP contribution < -0.4 is 5.32 Å². The molecule has 8 heteroatoms. The van der Waals surface area contributed by atoms with Crippen molar-refractivity contribution in [2.45, 2.75) is 12.6 Å². The van der Waals surface area contributed by atoms with Crippen LogP contribution in [0.15, 0.2) is 42.7 Å². The van der Waals surface area contributed by atoms with Crippen molar-refractivity contribution in [3.8, 4) is 16.9 Å². The van der Waals surface area contributed by atoms with Gasteiger partial charge < -0.3 is 5.32 Å². The van der Waals surface area contributed by atoms with E-state index in [-0.39, 0.29) is 10.7 Å². The molecule has 4 nitrogen and oxygen atoms in total. The van der Waals surface area contributed by atoms with Gasteiger partial charge in [0.1, 0.15) is 5.82 Å². The van der Waals surface area contributed by atoms with Gasteiger partial charge in [-0.1, -0.05) is 11.6 Å². The summed E-state index contributed by atoms with van der Waals surface area (Å²) in [5.41, 5.74) is 1.50. The molecule has 25 heavy (non-hydrogen) atoms. The van der Waals surface area contributed by atoms with E-state index in [0.717, 1.165) is 17.2 Å². The van der Waals surface area contributed by atoms with Crippen LogP contribution in [0.3, 0.4) is 0 Å². The molecule has 128 valence electrons. The SMILES string of the molecule is FC(F)(F)c1cc(Cl)ccc1-n1nc(-c2ccncc2)c2c1NCC2. The average Bonchev–Trinajstić information content (AvgIpc) is 3.17. The molecular weight excluding hydrogens is 353 g/mol. The van der Waals surface area contributed by atoms with Gasteiger partial charge in [0.2, 0.25) is 0 Å². The molecule has 0 unspecified atom stereocenters. The minimum absolute atomic E-state index is 0.0298. The first-order valence-corrected chi connectivity index (χ1v) is 7.96. The first-order chi connectivity index (χ1) is 11.9. The van der Waals surface area contributed by atoms with Crippen LogP contribution in [-0.2, 0) is 12.6 Å². The number of hydrogen-bond acceptors (Lipinski definition) is 3. The zero-order valence-electron chi connectivity index (χ0n) is 12.8. The van der Waals surface area contributed by atoms with E-state index in [4.69, 9.17) is 11.6 Å². The third-order valence-corrected chi connectivity index (χ3v) is 4.33. The van der Waals surface area contributed by atoms with Crippen molar-refractivity contribution in [2.75, 3.05) is 11.9 Å². The molecule has 1 aliphatic heterocycles. The molecule has 0 saturated carbocycles. The van der Waals surface area contributed by atoms with Gasteiger partial charge in [0, 0.05) is 35.1 Å². The van der Waals surface area contributed by atoms with Crippen molar-refractivity contribution in [2.24, 2.45) is 0 Å². The summed E-state index contributed by atoms with van der Waals surface area (Å²) in [5.74, 6) is 0.583. The van der Waals surface area contributed by atoms with E-state index in [1.165, 1.54) is 16.8 Å². The van der Waals surface area contributed by atoms with Gasteiger partial charge >= 0.3 is 6.18 Å². The van der Waals surface area contributed by atoms with E-state index in [0.29, 0.717) is 24.5 Å². The lowest BCUT2D eigenvalue weighted by molar-refractivity contribution is -0.137. The van der Waals surface area contributed by atoms with Crippen molar-refractivity contribution in [3.63, 3.8) is 0 Å². The molecule has 0 saturated heterocycles. The maximum atomic E-state index is 13.5. The Kier molecular flexibility index (Phi) is 3.68. The maximum Gasteiger partial charge on any atom is 0.418 e. The number of benzene rings is 1. The van der Waals surface area contributed by atoms with Crippen LogP contribution in [0.4, 0.5) is 19.0 Å². The lowest BCUT2D eigenvalue weighted by atomic mass is 10.1. The minimum atomic E-state index is -4.53. The molecule has 2 aromatic heterocycles. The highest BCUT2D eigenvalue weighted by atomic mass is 35.5. The fourth-order valence-electron chi connectivity index (χ4n) is 3.01. The first-order valence-electron chi connectivity index (χ1n) is 7.58. The van der Waals surface area contributed by atoms with E-state index in [1.54, 1.807) is 24.5 Å². The van der Waals surface area contributed by atoms with E-state index < -0.39 is 11.7 Å². The van der Waals surface area contributed by atoms with Gasteiger partial charge in [0.15, 0.2) is 0 Å². The Balaban J connectivity index is 1.94. The highest BCUT2D eigenvalue weighted by Gasteiger charge is 2.36. The first kappa shape index (κ1) is 16.0. The van der Waals surface area contributed by atoms with Crippen LogP contribution in [0, 0.1) is 0 Å². The maximum absolute atomic E-state index is 13.5. The monoisotopic (exact) mass is 364 g/mol. The predicted octanol–water partition coefficient (Wildman–Crippen LogP) is 4.57. The summed E-state index contributed by atoms with van der Waals surface area (Å²) in [4.78, 5) is 3.97. The lowest BCUT2D eigenvalue weighted by Crippen LogP contribution is -2.13. The number of anilines is 1. The second-order valence-corrected chi connectivity index (χ2v) is 6.10. The van der Waals surface area contributed by atoms with Gasteiger partial charge in [-0.2, -0.15) is 18.3 Å². The van der Waals surface area contributed by atoms with E-state index in [9.17, 15) is 13.2 Å². The van der Waals surface area contributed by atoms with Crippen LogP contribution in [0.5, 0.6) is 0 Å². The minimum Gasteiger partial charge on any atom is -0.369 e. The molecule has 1 aliphatic rings. The number of hydrogen-bond donors (Lipinski definition) is 1. The normalized spacial score (nSPS) is 13.6. The number of rotatable bonds is 2. The largest absolute Gasteiger partial charge is 0.418 e. The number of halogens is 4. The Morgan fingerprint density at radius 1 is 1.12 bits per heavy atom. The van der Waals surface area contributed by atoms with E-state index in [2.05, 4.69) is 15.4 Å². The van der Waals surface area contributed by atoms with Gasteiger partial charge in [-0.05, 0) is 36.8 Å². The summed E-state index contributed by atoms with van der Waals surface area (Å²) in [6.07, 6.45) is -0.574. The quantitative estimate of drug-likeness (QED) is 0.724. The lowest BCUT2D eigenvalue weighted by Gasteiger charge is -2.15. The predicted molar refractivity (Wildman–Crippen MR) is 89.0 cm³/mol. The van der Waals surface area contributed by atoms with Crippen molar-refractivity contribution in [3.05, 3.63) is 58.9 Å². The Morgan fingerprint density at radius 3 is 2.60 bits per heavy atom. The second kappa shape index (κ2) is 5.77. The van der Waals surface area contributed by atoms with Gasteiger partial charge in [-0.15, -0.1) is 0 Å². The Hall–Kier alpha value is -2.54. The highest BCUT2D eigenvalue weighted by Crippen LogP contribution is 2.39. The van der Waals surface area contributed by atoms with Crippen molar-refractivity contribution < 1.29 is 13.2 Å². The van der Waals surface area contributed by atoms with Crippen LogP contribution >= 0.6 is 11.6 Å².